The first kappa shape index (κ1) is 11.5. The molecule has 2 heteroatoms. The number of aliphatic hydroxyl groups is 1. The molecule has 0 heterocycles. The van der Waals surface area contributed by atoms with Crippen LogP contribution in [0.5, 0.6) is 5.75 Å². The number of hydrogen-bond donors (Lipinski definition) is 1. The molecule has 1 aliphatic rings. The van der Waals surface area contributed by atoms with Crippen LogP contribution >= 0.6 is 0 Å². The third-order valence-corrected chi connectivity index (χ3v) is 3.74. The summed E-state index contributed by atoms with van der Waals surface area (Å²) in [5.41, 5.74) is 2.23. The average Bonchev–Trinajstić information content (AvgIpc) is 2.23. The topological polar surface area (TPSA) is 29.5 Å². The van der Waals surface area contributed by atoms with Crippen molar-refractivity contribution in [2.45, 2.75) is 46.3 Å². The Bertz CT molecular complexity index is 396. The lowest BCUT2D eigenvalue weighted by Crippen LogP contribution is -2.56. The van der Waals surface area contributed by atoms with E-state index in [0.29, 0.717) is 0 Å². The van der Waals surface area contributed by atoms with Crippen LogP contribution in [0, 0.1) is 19.3 Å². The molecule has 1 aromatic rings. The second-order valence-corrected chi connectivity index (χ2v) is 5.45. The number of hydrogen-bond acceptors (Lipinski definition) is 2. The molecular formula is C14H20O2. The average molecular weight is 220 g/mol. The van der Waals surface area contributed by atoms with Crippen molar-refractivity contribution in [3.63, 3.8) is 0 Å². The number of ether oxygens (including phenoxy) is 1. The van der Waals surface area contributed by atoms with Gasteiger partial charge in [-0.05, 0) is 31.0 Å². The van der Waals surface area contributed by atoms with E-state index in [1.807, 2.05) is 0 Å². The summed E-state index contributed by atoms with van der Waals surface area (Å²) < 4.78 is 5.99. The Morgan fingerprint density at radius 1 is 1.31 bits per heavy atom. The summed E-state index contributed by atoms with van der Waals surface area (Å²) in [6.45, 7) is 8.22. The fourth-order valence-electron chi connectivity index (χ4n) is 2.05. The lowest BCUT2D eigenvalue weighted by Gasteiger charge is -2.48. The van der Waals surface area contributed by atoms with Gasteiger partial charge in [0, 0.05) is 11.8 Å². The van der Waals surface area contributed by atoms with Gasteiger partial charge in [0.05, 0.1) is 6.10 Å². The monoisotopic (exact) mass is 220 g/mol. The standard InChI is InChI=1S/C14H20O2/c1-9-5-6-10(2)11(7-9)16-13-8-12(15)14(13,3)4/h5-7,12-13,15H,8H2,1-4H3. The Morgan fingerprint density at radius 2 is 2.00 bits per heavy atom. The molecule has 1 aromatic carbocycles. The van der Waals surface area contributed by atoms with E-state index in [1.54, 1.807) is 0 Å². The minimum Gasteiger partial charge on any atom is -0.489 e. The normalized spacial score (nSPS) is 27.3. The van der Waals surface area contributed by atoms with Crippen LogP contribution in [0.2, 0.25) is 0 Å². The Labute approximate surface area is 97.3 Å². The van der Waals surface area contributed by atoms with Gasteiger partial charge in [-0.1, -0.05) is 26.0 Å². The summed E-state index contributed by atoms with van der Waals surface area (Å²) in [5, 5.41) is 9.67. The van der Waals surface area contributed by atoms with Gasteiger partial charge in [0.15, 0.2) is 0 Å². The first-order chi connectivity index (χ1) is 7.41. The Balaban J connectivity index is 2.13. The zero-order chi connectivity index (χ0) is 11.9. The van der Waals surface area contributed by atoms with Crippen LogP contribution in [0.3, 0.4) is 0 Å². The predicted molar refractivity (Wildman–Crippen MR) is 64.7 cm³/mol. The van der Waals surface area contributed by atoms with Crippen LogP contribution in [0.25, 0.3) is 0 Å². The molecule has 16 heavy (non-hydrogen) atoms. The number of aliphatic hydroxyl groups excluding tert-OH is 1. The summed E-state index contributed by atoms with van der Waals surface area (Å²) in [4.78, 5) is 0. The maximum absolute atomic E-state index is 9.67. The van der Waals surface area contributed by atoms with Crippen LogP contribution in [0.15, 0.2) is 18.2 Å². The number of aryl methyl sites for hydroxylation is 2. The lowest BCUT2D eigenvalue weighted by molar-refractivity contribution is -0.134. The van der Waals surface area contributed by atoms with Crippen molar-refractivity contribution in [3.05, 3.63) is 29.3 Å². The molecule has 0 aliphatic heterocycles. The molecule has 2 rings (SSSR count). The maximum atomic E-state index is 9.67. The smallest absolute Gasteiger partial charge is 0.122 e. The van der Waals surface area contributed by atoms with Gasteiger partial charge in [-0.2, -0.15) is 0 Å². The molecule has 0 spiro atoms. The van der Waals surface area contributed by atoms with E-state index in [2.05, 4.69) is 45.9 Å². The Kier molecular flexibility index (Phi) is 2.70. The van der Waals surface area contributed by atoms with Gasteiger partial charge in [0.1, 0.15) is 11.9 Å². The highest BCUT2D eigenvalue weighted by atomic mass is 16.5. The first-order valence-electron chi connectivity index (χ1n) is 5.83. The van der Waals surface area contributed by atoms with Gasteiger partial charge < -0.3 is 9.84 Å². The van der Waals surface area contributed by atoms with E-state index < -0.39 is 0 Å². The molecule has 0 radical (unpaired) electrons. The van der Waals surface area contributed by atoms with Gasteiger partial charge in [0.25, 0.3) is 0 Å². The van der Waals surface area contributed by atoms with Gasteiger partial charge in [0.2, 0.25) is 0 Å². The van der Waals surface area contributed by atoms with Crippen LogP contribution in [-0.4, -0.2) is 17.3 Å². The third-order valence-electron chi connectivity index (χ3n) is 3.74. The third kappa shape index (κ3) is 1.82. The quantitative estimate of drug-likeness (QED) is 0.830. The molecular weight excluding hydrogens is 200 g/mol. The van der Waals surface area contributed by atoms with Crippen LogP contribution in [-0.2, 0) is 0 Å². The molecule has 88 valence electrons. The summed E-state index contributed by atoms with van der Waals surface area (Å²) in [5.74, 6) is 0.949. The van der Waals surface area contributed by atoms with Crippen molar-refractivity contribution in [1.82, 2.24) is 0 Å². The highest BCUT2D eigenvalue weighted by Crippen LogP contribution is 2.43. The molecule has 1 fully saturated rings. The highest BCUT2D eigenvalue weighted by Gasteiger charge is 2.49. The van der Waals surface area contributed by atoms with E-state index in [4.69, 9.17) is 4.74 Å². The molecule has 0 amide bonds. The molecule has 1 N–H and O–H groups in total. The van der Waals surface area contributed by atoms with Gasteiger partial charge in [-0.15, -0.1) is 0 Å². The molecule has 2 nitrogen and oxygen atoms in total. The second kappa shape index (κ2) is 3.77. The van der Waals surface area contributed by atoms with Crippen molar-refractivity contribution in [1.29, 1.82) is 0 Å². The molecule has 0 aromatic heterocycles. The van der Waals surface area contributed by atoms with Crippen LogP contribution in [0.1, 0.15) is 31.4 Å². The number of benzene rings is 1. The summed E-state index contributed by atoms with van der Waals surface area (Å²) in [6.07, 6.45) is 0.631. The van der Waals surface area contributed by atoms with Crippen LogP contribution in [0.4, 0.5) is 0 Å². The van der Waals surface area contributed by atoms with E-state index in [-0.39, 0.29) is 17.6 Å². The maximum Gasteiger partial charge on any atom is 0.122 e. The van der Waals surface area contributed by atoms with Gasteiger partial charge in [-0.3, -0.25) is 0 Å². The summed E-state index contributed by atoms with van der Waals surface area (Å²) in [7, 11) is 0. The lowest BCUT2D eigenvalue weighted by atomic mass is 9.66. The Morgan fingerprint density at radius 3 is 2.56 bits per heavy atom. The molecule has 1 aliphatic carbocycles. The predicted octanol–water partition coefficient (Wildman–Crippen LogP) is 2.84. The molecule has 1 saturated carbocycles. The molecule has 2 atom stereocenters. The van der Waals surface area contributed by atoms with Crippen LogP contribution < -0.4 is 4.74 Å². The second-order valence-electron chi connectivity index (χ2n) is 5.45. The number of rotatable bonds is 2. The van der Waals surface area contributed by atoms with E-state index in [9.17, 15) is 5.11 Å². The van der Waals surface area contributed by atoms with E-state index >= 15 is 0 Å². The first-order valence-corrected chi connectivity index (χ1v) is 5.83. The van der Waals surface area contributed by atoms with Crippen molar-refractivity contribution in [2.75, 3.05) is 0 Å². The highest BCUT2D eigenvalue weighted by molar-refractivity contribution is 5.36. The zero-order valence-corrected chi connectivity index (χ0v) is 10.4. The minimum atomic E-state index is -0.234. The molecule has 0 saturated heterocycles. The minimum absolute atomic E-state index is 0.128. The van der Waals surface area contributed by atoms with Crippen molar-refractivity contribution >= 4 is 0 Å². The summed E-state index contributed by atoms with van der Waals surface area (Å²) >= 11 is 0. The fraction of sp³-hybridized carbons (Fsp3) is 0.571. The fourth-order valence-corrected chi connectivity index (χ4v) is 2.05. The molecule has 2 unspecified atom stereocenters. The van der Waals surface area contributed by atoms with E-state index in [1.165, 1.54) is 5.56 Å². The Hall–Kier alpha value is -1.02. The van der Waals surface area contributed by atoms with Crippen molar-refractivity contribution in [3.8, 4) is 5.75 Å². The zero-order valence-electron chi connectivity index (χ0n) is 10.4. The largest absolute Gasteiger partial charge is 0.489 e. The van der Waals surface area contributed by atoms with Crippen molar-refractivity contribution in [2.24, 2.45) is 5.41 Å². The SMILES string of the molecule is Cc1ccc(C)c(OC2CC(O)C2(C)C)c1. The summed E-state index contributed by atoms with van der Waals surface area (Å²) in [6, 6.07) is 6.23. The van der Waals surface area contributed by atoms with Crippen molar-refractivity contribution < 1.29 is 9.84 Å². The van der Waals surface area contributed by atoms with E-state index in [0.717, 1.165) is 17.7 Å². The molecule has 0 bridgehead atoms. The van der Waals surface area contributed by atoms with Gasteiger partial charge >= 0.3 is 0 Å². The van der Waals surface area contributed by atoms with Gasteiger partial charge in [-0.25, -0.2) is 0 Å².